The van der Waals surface area contributed by atoms with Crippen LogP contribution in [0.2, 0.25) is 0 Å². The number of carbonyl (C=O) groups excluding carboxylic acids is 1. The first-order chi connectivity index (χ1) is 9.70. The van der Waals surface area contributed by atoms with E-state index < -0.39 is 6.10 Å². The fourth-order valence-electron chi connectivity index (χ4n) is 2.31. The molecular formula is C14H22N4O2. The van der Waals surface area contributed by atoms with E-state index >= 15 is 0 Å². The maximum Gasteiger partial charge on any atom is 0.271 e. The lowest BCUT2D eigenvalue weighted by molar-refractivity contribution is 0.0713. The second-order valence-corrected chi connectivity index (χ2v) is 5.15. The van der Waals surface area contributed by atoms with Gasteiger partial charge in [-0.15, -0.1) is 0 Å². The maximum atomic E-state index is 12.0. The van der Waals surface area contributed by atoms with E-state index in [1.54, 1.807) is 6.20 Å². The number of nitrogens with one attached hydrogen (secondary N) is 2. The van der Waals surface area contributed by atoms with Gasteiger partial charge < -0.3 is 15.7 Å². The van der Waals surface area contributed by atoms with Crippen LogP contribution < -0.4 is 10.6 Å². The van der Waals surface area contributed by atoms with E-state index in [9.17, 15) is 9.90 Å². The highest BCUT2D eigenvalue weighted by molar-refractivity contribution is 5.92. The quantitative estimate of drug-likeness (QED) is 0.756. The molecule has 2 atom stereocenters. The van der Waals surface area contributed by atoms with Crippen molar-refractivity contribution in [3.63, 3.8) is 0 Å². The lowest BCUT2D eigenvalue weighted by Gasteiger charge is -2.28. The Hall–Kier alpha value is -1.69. The molecule has 110 valence electrons. The average molecular weight is 278 g/mol. The van der Waals surface area contributed by atoms with Gasteiger partial charge in [-0.05, 0) is 19.3 Å². The fourth-order valence-corrected chi connectivity index (χ4v) is 2.31. The third-order valence-electron chi connectivity index (χ3n) is 3.49. The van der Waals surface area contributed by atoms with Crippen LogP contribution in [-0.2, 0) is 0 Å². The molecule has 0 spiro atoms. The summed E-state index contributed by atoms with van der Waals surface area (Å²) in [6.45, 7) is 2.90. The SMILES string of the molecule is CCCNc1cnc(C(=O)NC2CCCCC2O)cn1. The van der Waals surface area contributed by atoms with Crippen LogP contribution in [-0.4, -0.2) is 39.7 Å². The number of amides is 1. The van der Waals surface area contributed by atoms with E-state index in [-0.39, 0.29) is 17.6 Å². The van der Waals surface area contributed by atoms with Gasteiger partial charge in [-0.1, -0.05) is 19.8 Å². The van der Waals surface area contributed by atoms with Crippen molar-refractivity contribution in [3.8, 4) is 0 Å². The van der Waals surface area contributed by atoms with Crippen LogP contribution in [0, 0.1) is 0 Å². The van der Waals surface area contributed by atoms with Crippen LogP contribution in [0.3, 0.4) is 0 Å². The summed E-state index contributed by atoms with van der Waals surface area (Å²) in [5.74, 6) is 0.395. The lowest BCUT2D eigenvalue weighted by atomic mass is 9.92. The molecule has 1 fully saturated rings. The molecule has 20 heavy (non-hydrogen) atoms. The van der Waals surface area contributed by atoms with E-state index in [2.05, 4.69) is 27.5 Å². The topological polar surface area (TPSA) is 87.1 Å². The summed E-state index contributed by atoms with van der Waals surface area (Å²) in [5, 5.41) is 15.8. The highest BCUT2D eigenvalue weighted by atomic mass is 16.3. The predicted octanol–water partition coefficient (Wildman–Crippen LogP) is 1.33. The molecule has 1 aliphatic carbocycles. The van der Waals surface area contributed by atoms with Crippen molar-refractivity contribution in [3.05, 3.63) is 18.1 Å². The summed E-state index contributed by atoms with van der Waals surface area (Å²) in [6.07, 6.45) is 7.19. The van der Waals surface area contributed by atoms with E-state index in [1.165, 1.54) is 6.20 Å². The Balaban J connectivity index is 1.91. The summed E-state index contributed by atoms with van der Waals surface area (Å²) in [4.78, 5) is 20.3. The molecule has 0 saturated heterocycles. The van der Waals surface area contributed by atoms with Gasteiger partial charge in [0.05, 0.1) is 24.5 Å². The average Bonchev–Trinajstić information content (AvgIpc) is 2.48. The zero-order chi connectivity index (χ0) is 14.4. The van der Waals surface area contributed by atoms with Crippen molar-refractivity contribution in [2.24, 2.45) is 0 Å². The van der Waals surface area contributed by atoms with Crippen LogP contribution in [0.25, 0.3) is 0 Å². The number of hydrogen-bond acceptors (Lipinski definition) is 5. The number of aromatic nitrogens is 2. The Morgan fingerprint density at radius 1 is 1.35 bits per heavy atom. The summed E-state index contributed by atoms with van der Waals surface area (Å²) in [6, 6.07) is -0.170. The van der Waals surface area contributed by atoms with E-state index in [0.29, 0.717) is 5.82 Å². The van der Waals surface area contributed by atoms with Gasteiger partial charge in [0, 0.05) is 6.54 Å². The van der Waals surface area contributed by atoms with Gasteiger partial charge in [0.2, 0.25) is 0 Å². The minimum Gasteiger partial charge on any atom is -0.391 e. The first-order valence-electron chi connectivity index (χ1n) is 7.25. The van der Waals surface area contributed by atoms with Gasteiger partial charge in [-0.2, -0.15) is 0 Å². The van der Waals surface area contributed by atoms with Crippen LogP contribution in [0.5, 0.6) is 0 Å². The number of nitrogens with zero attached hydrogens (tertiary/aromatic N) is 2. The van der Waals surface area contributed by atoms with Gasteiger partial charge in [-0.3, -0.25) is 4.79 Å². The molecule has 0 aliphatic heterocycles. The van der Waals surface area contributed by atoms with Gasteiger partial charge >= 0.3 is 0 Å². The predicted molar refractivity (Wildman–Crippen MR) is 76.5 cm³/mol. The number of rotatable bonds is 5. The molecule has 0 aromatic carbocycles. The second-order valence-electron chi connectivity index (χ2n) is 5.15. The molecule has 0 radical (unpaired) electrons. The van der Waals surface area contributed by atoms with Crippen molar-refractivity contribution in [2.45, 2.75) is 51.2 Å². The number of anilines is 1. The Bertz CT molecular complexity index is 435. The van der Waals surface area contributed by atoms with Gasteiger partial charge in [0.1, 0.15) is 11.5 Å². The molecule has 0 bridgehead atoms. The molecule has 1 aromatic rings. The Morgan fingerprint density at radius 2 is 2.15 bits per heavy atom. The third kappa shape index (κ3) is 3.90. The van der Waals surface area contributed by atoms with Crippen LogP contribution in [0.1, 0.15) is 49.5 Å². The molecular weight excluding hydrogens is 256 g/mol. The Morgan fingerprint density at radius 3 is 2.80 bits per heavy atom. The van der Waals surface area contributed by atoms with Gasteiger partial charge in [0.25, 0.3) is 5.91 Å². The van der Waals surface area contributed by atoms with Crippen molar-refractivity contribution in [2.75, 3.05) is 11.9 Å². The van der Waals surface area contributed by atoms with Gasteiger partial charge in [-0.25, -0.2) is 9.97 Å². The zero-order valence-corrected chi connectivity index (χ0v) is 11.8. The van der Waals surface area contributed by atoms with Gasteiger partial charge in [0.15, 0.2) is 0 Å². The smallest absolute Gasteiger partial charge is 0.271 e. The number of hydrogen-bond donors (Lipinski definition) is 3. The minimum atomic E-state index is -0.453. The third-order valence-corrected chi connectivity index (χ3v) is 3.49. The number of aliphatic hydroxyl groups excluding tert-OH is 1. The Kier molecular flexibility index (Phi) is 5.29. The molecule has 2 rings (SSSR count). The van der Waals surface area contributed by atoms with Crippen LogP contribution in [0.4, 0.5) is 5.82 Å². The van der Waals surface area contributed by atoms with Crippen molar-refractivity contribution >= 4 is 11.7 Å². The highest BCUT2D eigenvalue weighted by Gasteiger charge is 2.25. The minimum absolute atomic E-state index is 0.170. The molecule has 6 nitrogen and oxygen atoms in total. The number of carbonyl (C=O) groups is 1. The molecule has 1 aromatic heterocycles. The molecule has 1 aliphatic rings. The summed E-state index contributed by atoms with van der Waals surface area (Å²) >= 11 is 0. The van der Waals surface area contributed by atoms with Crippen molar-refractivity contribution < 1.29 is 9.90 Å². The largest absolute Gasteiger partial charge is 0.391 e. The van der Waals surface area contributed by atoms with Crippen LogP contribution >= 0.6 is 0 Å². The summed E-state index contributed by atoms with van der Waals surface area (Å²) < 4.78 is 0. The second kappa shape index (κ2) is 7.19. The molecule has 3 N–H and O–H groups in total. The molecule has 1 amide bonds. The summed E-state index contributed by atoms with van der Waals surface area (Å²) in [7, 11) is 0. The fraction of sp³-hybridized carbons (Fsp3) is 0.643. The zero-order valence-electron chi connectivity index (χ0n) is 11.8. The maximum absolute atomic E-state index is 12.0. The first-order valence-corrected chi connectivity index (χ1v) is 7.25. The monoisotopic (exact) mass is 278 g/mol. The van der Waals surface area contributed by atoms with Crippen molar-refractivity contribution in [1.29, 1.82) is 0 Å². The summed E-state index contributed by atoms with van der Waals surface area (Å²) in [5.41, 5.74) is 0.282. The highest BCUT2D eigenvalue weighted by Crippen LogP contribution is 2.18. The first kappa shape index (κ1) is 14.7. The van der Waals surface area contributed by atoms with E-state index in [1.807, 2.05) is 0 Å². The Labute approximate surface area is 119 Å². The van der Waals surface area contributed by atoms with Crippen LogP contribution in [0.15, 0.2) is 12.4 Å². The van der Waals surface area contributed by atoms with E-state index in [4.69, 9.17) is 0 Å². The number of aliphatic hydroxyl groups is 1. The molecule has 1 heterocycles. The molecule has 6 heteroatoms. The lowest BCUT2D eigenvalue weighted by Crippen LogP contribution is -2.45. The standard InChI is InChI=1S/C14H22N4O2/c1-2-7-15-13-9-16-11(8-17-13)14(20)18-10-5-3-4-6-12(10)19/h8-10,12,19H,2-7H2,1H3,(H,15,17)(H,18,20). The van der Waals surface area contributed by atoms with Crippen molar-refractivity contribution in [1.82, 2.24) is 15.3 Å². The molecule has 2 unspecified atom stereocenters. The molecule has 1 saturated carbocycles. The van der Waals surface area contributed by atoms with E-state index in [0.717, 1.165) is 38.6 Å². The normalized spacial score (nSPS) is 22.3.